The summed E-state index contributed by atoms with van der Waals surface area (Å²) in [6.07, 6.45) is 7.42. The zero-order valence-corrected chi connectivity index (χ0v) is 48.4. The van der Waals surface area contributed by atoms with Crippen molar-refractivity contribution in [3.05, 3.63) is 315 Å². The monoisotopic (exact) mass is 1150 g/mol. The van der Waals surface area contributed by atoms with E-state index in [1.807, 2.05) is 146 Å². The van der Waals surface area contributed by atoms with Gasteiger partial charge in [0.05, 0.1) is 79.5 Å². The number of nitriles is 2. The van der Waals surface area contributed by atoms with E-state index >= 15 is 0 Å². The summed E-state index contributed by atoms with van der Waals surface area (Å²) in [5.41, 5.74) is 23.5. The van der Waals surface area contributed by atoms with Crippen molar-refractivity contribution in [1.82, 2.24) is 29.1 Å². The number of fused-ring (bicyclic) bond motifs is 6. The highest BCUT2D eigenvalue weighted by Crippen LogP contribution is 2.46. The first kappa shape index (κ1) is 52.9. The average molecular weight is 1150 g/mol. The van der Waals surface area contributed by atoms with Crippen molar-refractivity contribution in [2.75, 3.05) is 0 Å². The normalized spacial score (nSPS) is 11.3. The lowest BCUT2D eigenvalue weighted by Gasteiger charge is -2.20. The number of pyridine rings is 4. The van der Waals surface area contributed by atoms with E-state index in [0.29, 0.717) is 16.7 Å². The first-order valence-electron chi connectivity index (χ1n) is 29.9. The van der Waals surface area contributed by atoms with Gasteiger partial charge in [0.2, 0.25) is 0 Å². The van der Waals surface area contributed by atoms with Crippen LogP contribution in [0, 0.1) is 22.7 Å². The molecule has 10 aromatic carbocycles. The Morgan fingerprint density at radius 3 is 0.878 bits per heavy atom. The highest BCUT2D eigenvalue weighted by Gasteiger charge is 2.26. The number of benzene rings is 10. The largest absolute Gasteiger partial charge is 0.307 e. The van der Waals surface area contributed by atoms with Gasteiger partial charge in [0.15, 0.2) is 0 Å². The fraction of sp³-hybridized carbons (Fsp3) is 0. The summed E-state index contributed by atoms with van der Waals surface area (Å²) in [6, 6.07) is 102. The molecule has 16 aromatic rings. The number of rotatable bonds is 11. The molecule has 0 fully saturated rings. The Morgan fingerprint density at radius 2 is 0.556 bits per heavy atom. The van der Waals surface area contributed by atoms with Crippen molar-refractivity contribution in [3.8, 4) is 124 Å². The summed E-state index contributed by atoms with van der Waals surface area (Å²) >= 11 is 0. The van der Waals surface area contributed by atoms with E-state index in [4.69, 9.17) is 19.9 Å². The van der Waals surface area contributed by atoms with Gasteiger partial charge in [-0.2, -0.15) is 10.5 Å². The lowest BCUT2D eigenvalue weighted by Crippen LogP contribution is -2.05. The summed E-state index contributed by atoms with van der Waals surface area (Å²) < 4.78 is 4.69. The molecule has 0 aliphatic rings. The van der Waals surface area contributed by atoms with Crippen LogP contribution in [-0.4, -0.2) is 29.1 Å². The van der Waals surface area contributed by atoms with E-state index in [0.717, 1.165) is 150 Å². The number of aromatic nitrogens is 6. The Bertz CT molecular complexity index is 5280. The van der Waals surface area contributed by atoms with Gasteiger partial charge in [-0.1, -0.05) is 182 Å². The van der Waals surface area contributed by atoms with Crippen molar-refractivity contribution in [2.24, 2.45) is 0 Å². The van der Waals surface area contributed by atoms with Crippen molar-refractivity contribution in [2.45, 2.75) is 0 Å². The minimum Gasteiger partial charge on any atom is -0.307 e. The van der Waals surface area contributed by atoms with Crippen LogP contribution in [0.2, 0.25) is 0 Å². The van der Waals surface area contributed by atoms with E-state index in [1.165, 1.54) is 0 Å². The summed E-state index contributed by atoms with van der Waals surface area (Å²) in [6.45, 7) is 0. The van der Waals surface area contributed by atoms with Crippen LogP contribution in [0.3, 0.4) is 0 Å². The van der Waals surface area contributed by atoms with Crippen molar-refractivity contribution in [3.63, 3.8) is 0 Å². The van der Waals surface area contributed by atoms with E-state index in [2.05, 4.69) is 173 Å². The van der Waals surface area contributed by atoms with Crippen molar-refractivity contribution >= 4 is 43.6 Å². The molecule has 16 rings (SSSR count). The molecule has 6 aromatic heterocycles. The highest BCUT2D eigenvalue weighted by molar-refractivity contribution is 6.15. The van der Waals surface area contributed by atoms with Crippen LogP contribution in [0.1, 0.15) is 11.1 Å². The molecule has 0 saturated heterocycles. The number of nitrogens with zero attached hydrogens (tertiary/aromatic N) is 8. The molecule has 0 saturated carbocycles. The highest BCUT2D eigenvalue weighted by atomic mass is 15.1. The molecule has 6 heterocycles. The maximum Gasteiger partial charge on any atom is 0.0998 e. The van der Waals surface area contributed by atoms with Gasteiger partial charge in [-0.05, 0) is 125 Å². The third-order valence-corrected chi connectivity index (χ3v) is 17.2. The van der Waals surface area contributed by atoms with Crippen LogP contribution in [0.5, 0.6) is 0 Å². The van der Waals surface area contributed by atoms with Gasteiger partial charge in [0, 0.05) is 96.4 Å². The second-order valence-electron chi connectivity index (χ2n) is 22.4. The molecule has 0 atom stereocenters. The minimum atomic E-state index is 0.457. The van der Waals surface area contributed by atoms with Gasteiger partial charge >= 0.3 is 0 Å². The quantitative estimate of drug-likeness (QED) is 0.128. The van der Waals surface area contributed by atoms with Crippen LogP contribution in [-0.2, 0) is 0 Å². The predicted octanol–water partition coefficient (Wildman–Crippen LogP) is 20.2. The maximum atomic E-state index is 11.5. The van der Waals surface area contributed by atoms with Gasteiger partial charge in [0.1, 0.15) is 0 Å². The van der Waals surface area contributed by atoms with Crippen LogP contribution < -0.4 is 0 Å². The molecule has 0 aliphatic carbocycles. The molecule has 0 unspecified atom stereocenters. The van der Waals surface area contributed by atoms with E-state index in [9.17, 15) is 10.5 Å². The van der Waals surface area contributed by atoms with Gasteiger partial charge in [0.25, 0.3) is 0 Å². The molecular formula is C82H50N8. The summed E-state index contributed by atoms with van der Waals surface area (Å²) in [4.78, 5) is 19.9. The molecular weight excluding hydrogens is 1100 g/mol. The van der Waals surface area contributed by atoms with Gasteiger partial charge < -0.3 is 9.13 Å². The van der Waals surface area contributed by atoms with Gasteiger partial charge in [-0.25, -0.2) is 0 Å². The Labute approximate surface area is 519 Å². The topological polar surface area (TPSA) is 109 Å². The van der Waals surface area contributed by atoms with E-state index in [-0.39, 0.29) is 0 Å². The Balaban J connectivity index is 1.01. The standard InChI is InChI=1S/C82H50N8/c83-51-53-18-13-27-58(44-53)68-50-78(90-75-38-34-61(66-30-16-42-87-81(66)56-23-9-3-10-24-56)47-71(75)72-48-62(35-39-76(72)90)67-31-17-43-88-82(67)57-25-11-4-12-26-57)77(49-63(68)52-84)89-73-36-32-59(64-28-14-40-85-79(64)54-19-5-1-6-20-54)45-69(73)70-46-60(33-37-74(70)89)65-29-15-41-86-80(65)55-21-7-2-8-22-55/h1-50H. The first-order chi connectivity index (χ1) is 44.6. The average Bonchev–Trinajstić information content (AvgIpc) is 1.57. The number of hydrogen-bond donors (Lipinski definition) is 0. The summed E-state index contributed by atoms with van der Waals surface area (Å²) in [5.74, 6) is 0. The van der Waals surface area contributed by atoms with Gasteiger partial charge in [-0.15, -0.1) is 0 Å². The first-order valence-corrected chi connectivity index (χ1v) is 29.9. The lowest BCUT2D eigenvalue weighted by atomic mass is 9.96. The molecule has 418 valence electrons. The Morgan fingerprint density at radius 1 is 0.244 bits per heavy atom. The Hall–Kier alpha value is -12.6. The van der Waals surface area contributed by atoms with Gasteiger partial charge in [-0.3, -0.25) is 19.9 Å². The third kappa shape index (κ3) is 9.16. The molecule has 8 nitrogen and oxygen atoms in total. The molecule has 8 heteroatoms. The lowest BCUT2D eigenvalue weighted by molar-refractivity contribution is 1.09. The summed E-state index contributed by atoms with van der Waals surface area (Å²) in [5, 5.41) is 25.9. The van der Waals surface area contributed by atoms with Crippen LogP contribution in [0.4, 0.5) is 0 Å². The van der Waals surface area contributed by atoms with E-state index in [1.54, 1.807) is 6.07 Å². The molecule has 0 aliphatic heterocycles. The van der Waals surface area contributed by atoms with Crippen LogP contribution in [0.15, 0.2) is 304 Å². The molecule has 0 radical (unpaired) electrons. The molecule has 0 N–H and O–H groups in total. The molecule has 0 spiro atoms. The zero-order chi connectivity index (χ0) is 60.1. The molecule has 0 bridgehead atoms. The second-order valence-corrected chi connectivity index (χ2v) is 22.4. The van der Waals surface area contributed by atoms with E-state index < -0.39 is 0 Å². The smallest absolute Gasteiger partial charge is 0.0998 e. The van der Waals surface area contributed by atoms with Crippen LogP contribution >= 0.6 is 0 Å². The third-order valence-electron chi connectivity index (χ3n) is 17.2. The number of hydrogen-bond acceptors (Lipinski definition) is 6. The SMILES string of the molecule is N#Cc1cccc(-c2cc(-n3c4ccc(-c5cccnc5-c5ccccc5)cc4c4cc(-c5cccnc5-c5ccccc5)ccc43)c(-n3c4ccc(-c5cccnc5-c5ccccc5)cc4c4cc(-c5cccnc5-c5ccccc5)ccc43)cc2C#N)c1. The predicted molar refractivity (Wildman–Crippen MR) is 365 cm³/mol. The van der Waals surface area contributed by atoms with Crippen molar-refractivity contribution in [1.29, 1.82) is 10.5 Å². The van der Waals surface area contributed by atoms with Crippen LogP contribution in [0.25, 0.3) is 156 Å². The maximum absolute atomic E-state index is 11.5. The second kappa shape index (κ2) is 22.3. The summed E-state index contributed by atoms with van der Waals surface area (Å²) in [7, 11) is 0. The molecule has 90 heavy (non-hydrogen) atoms. The molecule has 0 amide bonds. The fourth-order valence-electron chi connectivity index (χ4n) is 13.1. The minimum absolute atomic E-state index is 0.457. The fourth-order valence-corrected chi connectivity index (χ4v) is 13.1. The Kier molecular flexibility index (Phi) is 13.1. The van der Waals surface area contributed by atoms with Crippen molar-refractivity contribution < 1.29 is 0 Å². The zero-order valence-electron chi connectivity index (χ0n) is 48.4.